The van der Waals surface area contributed by atoms with E-state index in [9.17, 15) is 9.90 Å². The Labute approximate surface area is 82.2 Å². The highest BCUT2D eigenvalue weighted by Gasteiger charge is 1.99. The van der Waals surface area contributed by atoms with Crippen LogP contribution in [0.2, 0.25) is 0 Å². The Kier molecular flexibility index (Phi) is 3.94. The average Bonchev–Trinajstić information content (AvgIpc) is 2.18. The number of aromatic hydroxyl groups is 2. The molecule has 14 heavy (non-hydrogen) atoms. The molecule has 0 aliphatic carbocycles. The second-order valence-corrected chi connectivity index (χ2v) is 2.94. The number of rotatable bonds is 5. The van der Waals surface area contributed by atoms with E-state index >= 15 is 0 Å². The molecule has 0 aliphatic heterocycles. The maximum Gasteiger partial charge on any atom is 0.157 e. The molecule has 1 aromatic carbocycles. The minimum absolute atomic E-state index is 0.113. The van der Waals surface area contributed by atoms with Gasteiger partial charge in [-0.1, -0.05) is 6.07 Å². The fraction of sp³-hybridized carbons (Fsp3) is 0.300. The van der Waals surface area contributed by atoms with Gasteiger partial charge in [0.1, 0.15) is 6.29 Å². The smallest absolute Gasteiger partial charge is 0.157 e. The molecule has 4 nitrogen and oxygen atoms in total. The second-order valence-electron chi connectivity index (χ2n) is 2.94. The van der Waals surface area contributed by atoms with Gasteiger partial charge < -0.3 is 20.3 Å². The van der Waals surface area contributed by atoms with Gasteiger partial charge in [-0.25, -0.2) is 0 Å². The highest BCUT2D eigenvalue weighted by atomic mass is 16.3. The van der Waals surface area contributed by atoms with Crippen molar-refractivity contribution in [2.45, 2.75) is 6.42 Å². The van der Waals surface area contributed by atoms with Gasteiger partial charge in [-0.3, -0.25) is 0 Å². The standard InChI is InChI=1S/C10H13NO3/c12-6-5-11-4-3-8-1-2-9(13)10(14)7-8/h1-2,6-7,11,13-14H,3-5H2. The van der Waals surface area contributed by atoms with Crippen LogP contribution in [-0.2, 0) is 11.2 Å². The summed E-state index contributed by atoms with van der Waals surface area (Å²) in [6, 6.07) is 4.69. The van der Waals surface area contributed by atoms with Crippen LogP contribution >= 0.6 is 0 Å². The lowest BCUT2D eigenvalue weighted by Gasteiger charge is -2.03. The normalized spacial score (nSPS) is 10.0. The lowest BCUT2D eigenvalue weighted by atomic mass is 10.1. The van der Waals surface area contributed by atoms with Crippen LogP contribution in [-0.4, -0.2) is 29.6 Å². The van der Waals surface area contributed by atoms with Gasteiger partial charge in [0.25, 0.3) is 0 Å². The topological polar surface area (TPSA) is 69.6 Å². The molecule has 3 N–H and O–H groups in total. The molecule has 0 amide bonds. The van der Waals surface area contributed by atoms with Crippen molar-refractivity contribution in [2.75, 3.05) is 13.1 Å². The zero-order chi connectivity index (χ0) is 10.4. The number of carbonyl (C=O) groups excluding carboxylic acids is 1. The molecule has 0 fully saturated rings. The molecule has 1 rings (SSSR count). The van der Waals surface area contributed by atoms with Crippen LogP contribution < -0.4 is 5.32 Å². The number of phenols is 2. The van der Waals surface area contributed by atoms with Gasteiger partial charge in [-0.15, -0.1) is 0 Å². The number of aldehydes is 1. The van der Waals surface area contributed by atoms with E-state index in [4.69, 9.17) is 5.11 Å². The molecule has 0 bridgehead atoms. The molecule has 0 atom stereocenters. The average molecular weight is 195 g/mol. The molecule has 4 heteroatoms. The second kappa shape index (κ2) is 5.24. The first-order chi connectivity index (χ1) is 6.74. The molecule has 0 saturated heterocycles. The van der Waals surface area contributed by atoms with Gasteiger partial charge in [0.15, 0.2) is 11.5 Å². The summed E-state index contributed by atoms with van der Waals surface area (Å²) in [7, 11) is 0. The summed E-state index contributed by atoms with van der Waals surface area (Å²) >= 11 is 0. The van der Waals surface area contributed by atoms with E-state index in [0.717, 1.165) is 11.8 Å². The zero-order valence-electron chi connectivity index (χ0n) is 7.73. The Morgan fingerprint density at radius 1 is 1.29 bits per heavy atom. The van der Waals surface area contributed by atoms with Gasteiger partial charge in [0.05, 0.1) is 6.54 Å². The zero-order valence-corrected chi connectivity index (χ0v) is 7.73. The van der Waals surface area contributed by atoms with Crippen molar-refractivity contribution in [1.29, 1.82) is 0 Å². The van der Waals surface area contributed by atoms with Crippen LogP contribution in [0.5, 0.6) is 11.5 Å². The SMILES string of the molecule is O=CCNCCc1ccc(O)c(O)c1. The van der Waals surface area contributed by atoms with Crippen molar-refractivity contribution in [1.82, 2.24) is 5.32 Å². The Hall–Kier alpha value is -1.55. The van der Waals surface area contributed by atoms with Crippen molar-refractivity contribution >= 4 is 6.29 Å². The number of benzene rings is 1. The minimum Gasteiger partial charge on any atom is -0.504 e. The van der Waals surface area contributed by atoms with Gasteiger partial charge in [0, 0.05) is 0 Å². The molecule has 76 valence electrons. The number of carbonyl (C=O) groups is 1. The van der Waals surface area contributed by atoms with Crippen LogP contribution in [0.25, 0.3) is 0 Å². The van der Waals surface area contributed by atoms with Crippen molar-refractivity contribution < 1.29 is 15.0 Å². The molecule has 0 aliphatic rings. The third kappa shape index (κ3) is 3.06. The van der Waals surface area contributed by atoms with E-state index in [1.165, 1.54) is 12.1 Å². The van der Waals surface area contributed by atoms with Crippen LogP contribution in [0.3, 0.4) is 0 Å². The van der Waals surface area contributed by atoms with Gasteiger partial charge in [-0.05, 0) is 30.7 Å². The van der Waals surface area contributed by atoms with Crippen LogP contribution in [0.1, 0.15) is 5.56 Å². The fourth-order valence-corrected chi connectivity index (χ4v) is 1.12. The van der Waals surface area contributed by atoms with Crippen LogP contribution in [0.15, 0.2) is 18.2 Å². The van der Waals surface area contributed by atoms with E-state index < -0.39 is 0 Å². The third-order valence-corrected chi connectivity index (χ3v) is 1.86. The van der Waals surface area contributed by atoms with E-state index in [1.54, 1.807) is 6.07 Å². The van der Waals surface area contributed by atoms with E-state index in [-0.39, 0.29) is 11.5 Å². The third-order valence-electron chi connectivity index (χ3n) is 1.86. The molecular formula is C10H13NO3. The van der Waals surface area contributed by atoms with Crippen LogP contribution in [0, 0.1) is 0 Å². The lowest BCUT2D eigenvalue weighted by molar-refractivity contribution is -0.107. The van der Waals surface area contributed by atoms with Gasteiger partial charge in [0.2, 0.25) is 0 Å². The minimum atomic E-state index is -0.116. The first kappa shape index (κ1) is 10.5. The van der Waals surface area contributed by atoms with Gasteiger partial charge in [-0.2, -0.15) is 0 Å². The Morgan fingerprint density at radius 2 is 2.07 bits per heavy atom. The van der Waals surface area contributed by atoms with Crippen LogP contribution in [0.4, 0.5) is 0 Å². The van der Waals surface area contributed by atoms with Crippen molar-refractivity contribution in [3.63, 3.8) is 0 Å². The summed E-state index contributed by atoms with van der Waals surface area (Å²) in [5, 5.41) is 21.1. The van der Waals surface area contributed by atoms with E-state index in [2.05, 4.69) is 5.32 Å². The van der Waals surface area contributed by atoms with E-state index in [0.29, 0.717) is 19.5 Å². The van der Waals surface area contributed by atoms with Crippen molar-refractivity contribution in [3.05, 3.63) is 23.8 Å². The summed E-state index contributed by atoms with van der Waals surface area (Å²) in [5.74, 6) is -0.229. The Bertz CT molecular complexity index is 312. The predicted molar refractivity (Wildman–Crippen MR) is 52.4 cm³/mol. The maximum absolute atomic E-state index is 9.98. The van der Waals surface area contributed by atoms with E-state index in [1.807, 2.05) is 0 Å². The quantitative estimate of drug-likeness (QED) is 0.362. The summed E-state index contributed by atoms with van der Waals surface area (Å²) < 4.78 is 0. The Balaban J connectivity index is 2.43. The Morgan fingerprint density at radius 3 is 2.71 bits per heavy atom. The maximum atomic E-state index is 9.98. The molecule has 0 heterocycles. The predicted octanol–water partition coefficient (Wildman–Crippen LogP) is 0.429. The summed E-state index contributed by atoms with van der Waals surface area (Å²) in [6.45, 7) is 1.01. The number of phenolic OH excluding ortho intramolecular Hbond substituents is 2. The first-order valence-corrected chi connectivity index (χ1v) is 4.39. The monoisotopic (exact) mass is 195 g/mol. The first-order valence-electron chi connectivity index (χ1n) is 4.39. The highest BCUT2D eigenvalue weighted by molar-refractivity contribution is 5.51. The largest absolute Gasteiger partial charge is 0.504 e. The van der Waals surface area contributed by atoms with Crippen molar-refractivity contribution in [2.24, 2.45) is 0 Å². The number of hydrogen-bond acceptors (Lipinski definition) is 4. The summed E-state index contributed by atoms with van der Waals surface area (Å²) in [5.41, 5.74) is 0.915. The number of hydrogen-bond donors (Lipinski definition) is 3. The summed E-state index contributed by atoms with van der Waals surface area (Å²) in [4.78, 5) is 9.98. The molecular weight excluding hydrogens is 182 g/mol. The molecule has 1 aromatic rings. The molecule has 0 radical (unpaired) electrons. The fourth-order valence-electron chi connectivity index (χ4n) is 1.12. The van der Waals surface area contributed by atoms with Gasteiger partial charge >= 0.3 is 0 Å². The molecule has 0 saturated carbocycles. The number of nitrogens with one attached hydrogen (secondary N) is 1. The summed E-state index contributed by atoms with van der Waals surface area (Å²) in [6.07, 6.45) is 1.51. The van der Waals surface area contributed by atoms with Crippen molar-refractivity contribution in [3.8, 4) is 11.5 Å². The lowest BCUT2D eigenvalue weighted by Crippen LogP contribution is -2.19. The molecule has 0 aromatic heterocycles. The molecule has 0 spiro atoms. The molecule has 0 unspecified atom stereocenters. The highest BCUT2D eigenvalue weighted by Crippen LogP contribution is 2.24.